The molecule has 108 valence electrons. The van der Waals surface area contributed by atoms with Crippen LogP contribution in [0.2, 0.25) is 0 Å². The number of thiocarbonyl (C=S) groups is 1. The molecule has 0 atom stereocenters. The maximum atomic E-state index is 11.0. The Morgan fingerprint density at radius 1 is 1.20 bits per heavy atom. The first kappa shape index (κ1) is 14.8. The van der Waals surface area contributed by atoms with Crippen LogP contribution in [0.25, 0.3) is 0 Å². The number of benzene rings is 1. The summed E-state index contributed by atoms with van der Waals surface area (Å²) in [5.41, 5.74) is 6.80. The van der Waals surface area contributed by atoms with Crippen molar-refractivity contribution in [1.82, 2.24) is 10.6 Å². The topological polar surface area (TPSA) is 67.2 Å². The van der Waals surface area contributed by atoms with Crippen LogP contribution in [0.15, 0.2) is 24.3 Å². The predicted octanol–water partition coefficient (Wildman–Crippen LogP) is 2.08. The maximum Gasteiger partial charge on any atom is 0.248 e. The second kappa shape index (κ2) is 7.24. The second-order valence-electron chi connectivity index (χ2n) is 5.22. The molecule has 0 heterocycles. The molecule has 1 fully saturated rings. The Balaban J connectivity index is 1.76. The molecule has 1 aliphatic rings. The van der Waals surface area contributed by atoms with Crippen molar-refractivity contribution in [1.29, 1.82) is 0 Å². The van der Waals surface area contributed by atoms with E-state index in [1.165, 1.54) is 32.1 Å². The molecule has 0 unspecified atom stereocenters. The van der Waals surface area contributed by atoms with Gasteiger partial charge in [0.15, 0.2) is 5.11 Å². The van der Waals surface area contributed by atoms with Crippen LogP contribution in [0.1, 0.15) is 48.0 Å². The Hall–Kier alpha value is -1.62. The van der Waals surface area contributed by atoms with Gasteiger partial charge in [-0.25, -0.2) is 0 Å². The molecule has 1 aromatic rings. The first-order valence-electron chi connectivity index (χ1n) is 7.08. The van der Waals surface area contributed by atoms with Gasteiger partial charge in [-0.05, 0) is 42.8 Å². The predicted molar refractivity (Wildman–Crippen MR) is 84.4 cm³/mol. The van der Waals surface area contributed by atoms with E-state index in [0.29, 0.717) is 23.3 Å². The van der Waals surface area contributed by atoms with E-state index in [2.05, 4.69) is 10.6 Å². The standard InChI is InChI=1S/C15H21N3OS/c16-14(19)12-8-6-11(7-9-12)10-17-15(20)18-13-4-2-1-3-5-13/h6-9,13H,1-5,10H2,(H2,16,19)(H2,17,18,20). The third-order valence-electron chi connectivity index (χ3n) is 3.63. The van der Waals surface area contributed by atoms with Gasteiger partial charge in [0.1, 0.15) is 0 Å². The van der Waals surface area contributed by atoms with Crippen LogP contribution in [0.3, 0.4) is 0 Å². The number of hydrogen-bond donors (Lipinski definition) is 3. The van der Waals surface area contributed by atoms with Crippen LogP contribution < -0.4 is 16.4 Å². The van der Waals surface area contributed by atoms with Gasteiger partial charge < -0.3 is 16.4 Å². The second-order valence-corrected chi connectivity index (χ2v) is 5.63. The van der Waals surface area contributed by atoms with Crippen LogP contribution in [0.5, 0.6) is 0 Å². The summed E-state index contributed by atoms with van der Waals surface area (Å²) >= 11 is 5.30. The Labute approximate surface area is 125 Å². The molecule has 0 bridgehead atoms. The highest BCUT2D eigenvalue weighted by Gasteiger charge is 2.13. The number of nitrogens with two attached hydrogens (primary N) is 1. The summed E-state index contributed by atoms with van der Waals surface area (Å²) < 4.78 is 0. The first-order chi connectivity index (χ1) is 9.65. The van der Waals surface area contributed by atoms with Gasteiger partial charge in [0, 0.05) is 18.2 Å². The summed E-state index contributed by atoms with van der Waals surface area (Å²) in [6, 6.07) is 7.75. The fraction of sp³-hybridized carbons (Fsp3) is 0.467. The first-order valence-corrected chi connectivity index (χ1v) is 7.49. The summed E-state index contributed by atoms with van der Waals surface area (Å²) in [4.78, 5) is 11.0. The number of carbonyl (C=O) groups is 1. The molecule has 4 nitrogen and oxygen atoms in total. The van der Waals surface area contributed by atoms with Crippen molar-refractivity contribution in [3.8, 4) is 0 Å². The van der Waals surface area contributed by atoms with E-state index in [9.17, 15) is 4.79 Å². The molecule has 1 amide bonds. The molecule has 1 aliphatic carbocycles. The van der Waals surface area contributed by atoms with Crippen molar-refractivity contribution in [3.05, 3.63) is 35.4 Å². The highest BCUT2D eigenvalue weighted by atomic mass is 32.1. The van der Waals surface area contributed by atoms with Crippen molar-refractivity contribution >= 4 is 23.2 Å². The zero-order valence-electron chi connectivity index (χ0n) is 11.5. The fourth-order valence-electron chi connectivity index (χ4n) is 2.45. The fourth-order valence-corrected chi connectivity index (χ4v) is 2.69. The lowest BCUT2D eigenvalue weighted by molar-refractivity contribution is 0.100. The number of hydrogen-bond acceptors (Lipinski definition) is 2. The van der Waals surface area contributed by atoms with Crippen LogP contribution in [0.4, 0.5) is 0 Å². The minimum absolute atomic E-state index is 0.404. The SMILES string of the molecule is NC(=O)c1ccc(CNC(=S)NC2CCCCC2)cc1. The number of rotatable bonds is 4. The molecule has 5 heteroatoms. The quantitative estimate of drug-likeness (QED) is 0.743. The maximum absolute atomic E-state index is 11.0. The van der Waals surface area contributed by atoms with Gasteiger partial charge in [0.2, 0.25) is 5.91 Å². The van der Waals surface area contributed by atoms with Crippen molar-refractivity contribution in [3.63, 3.8) is 0 Å². The van der Waals surface area contributed by atoms with E-state index >= 15 is 0 Å². The molecule has 2 rings (SSSR count). The van der Waals surface area contributed by atoms with E-state index in [0.717, 1.165) is 5.56 Å². The molecule has 20 heavy (non-hydrogen) atoms. The molecule has 1 aromatic carbocycles. The normalized spacial score (nSPS) is 15.6. The molecule has 1 saturated carbocycles. The third kappa shape index (κ3) is 4.49. The monoisotopic (exact) mass is 291 g/mol. The highest BCUT2D eigenvalue weighted by molar-refractivity contribution is 7.80. The summed E-state index contributed by atoms with van der Waals surface area (Å²) in [5.74, 6) is -0.404. The Bertz CT molecular complexity index is 467. The molecule has 0 radical (unpaired) electrons. The van der Waals surface area contributed by atoms with E-state index in [-0.39, 0.29) is 0 Å². The molecular weight excluding hydrogens is 270 g/mol. The third-order valence-corrected chi connectivity index (χ3v) is 3.89. The molecule has 0 saturated heterocycles. The molecular formula is C15H21N3OS. The molecule has 0 aromatic heterocycles. The Morgan fingerprint density at radius 2 is 1.85 bits per heavy atom. The highest BCUT2D eigenvalue weighted by Crippen LogP contribution is 2.17. The van der Waals surface area contributed by atoms with E-state index < -0.39 is 5.91 Å². The minimum atomic E-state index is -0.404. The van der Waals surface area contributed by atoms with Crippen LogP contribution in [-0.2, 0) is 6.54 Å². The lowest BCUT2D eigenvalue weighted by Gasteiger charge is -2.24. The Kier molecular flexibility index (Phi) is 5.35. The van der Waals surface area contributed by atoms with Gasteiger partial charge in [0.25, 0.3) is 0 Å². The summed E-state index contributed by atoms with van der Waals surface area (Å²) in [6.45, 7) is 0.650. The Morgan fingerprint density at radius 3 is 2.45 bits per heavy atom. The van der Waals surface area contributed by atoms with Gasteiger partial charge in [-0.2, -0.15) is 0 Å². The van der Waals surface area contributed by atoms with Gasteiger partial charge >= 0.3 is 0 Å². The van der Waals surface area contributed by atoms with Gasteiger partial charge in [-0.15, -0.1) is 0 Å². The molecule has 4 N–H and O–H groups in total. The van der Waals surface area contributed by atoms with Gasteiger partial charge in [-0.1, -0.05) is 31.4 Å². The zero-order valence-corrected chi connectivity index (χ0v) is 12.3. The van der Waals surface area contributed by atoms with Crippen molar-refractivity contribution in [2.45, 2.75) is 44.7 Å². The van der Waals surface area contributed by atoms with Crippen LogP contribution in [-0.4, -0.2) is 17.1 Å². The number of nitrogens with one attached hydrogen (secondary N) is 2. The minimum Gasteiger partial charge on any atom is -0.366 e. The largest absolute Gasteiger partial charge is 0.366 e. The smallest absolute Gasteiger partial charge is 0.248 e. The zero-order chi connectivity index (χ0) is 14.4. The van der Waals surface area contributed by atoms with Crippen LogP contribution in [0, 0.1) is 0 Å². The molecule has 0 spiro atoms. The van der Waals surface area contributed by atoms with Gasteiger partial charge in [-0.3, -0.25) is 4.79 Å². The average molecular weight is 291 g/mol. The van der Waals surface area contributed by atoms with Crippen molar-refractivity contribution < 1.29 is 4.79 Å². The number of carbonyl (C=O) groups excluding carboxylic acids is 1. The lowest BCUT2D eigenvalue weighted by atomic mass is 9.96. The molecule has 0 aliphatic heterocycles. The van der Waals surface area contributed by atoms with E-state index in [4.69, 9.17) is 18.0 Å². The van der Waals surface area contributed by atoms with Crippen LogP contribution >= 0.6 is 12.2 Å². The van der Waals surface area contributed by atoms with E-state index in [1.807, 2.05) is 12.1 Å². The van der Waals surface area contributed by atoms with Crippen molar-refractivity contribution in [2.24, 2.45) is 5.73 Å². The summed E-state index contributed by atoms with van der Waals surface area (Å²) in [7, 11) is 0. The average Bonchev–Trinajstić information content (AvgIpc) is 2.46. The van der Waals surface area contributed by atoms with Crippen molar-refractivity contribution in [2.75, 3.05) is 0 Å². The number of primary amides is 1. The summed E-state index contributed by atoms with van der Waals surface area (Å²) in [6.07, 6.45) is 6.32. The van der Waals surface area contributed by atoms with E-state index in [1.54, 1.807) is 12.1 Å². The summed E-state index contributed by atoms with van der Waals surface area (Å²) in [5, 5.41) is 7.27. The lowest BCUT2D eigenvalue weighted by Crippen LogP contribution is -2.42. The number of amides is 1. The van der Waals surface area contributed by atoms with Gasteiger partial charge in [0.05, 0.1) is 0 Å².